The van der Waals surface area contributed by atoms with Crippen LogP contribution in [0.1, 0.15) is 75.1 Å². The molecule has 5 heterocycles. The standard InChI is InChI=1S/C28H36Cl2N6O2/c1-17(26-21(29)15-31-16-22(26)30)38-19-4-5-23-20(13-19)27(34-33-23)18-3-6-24(32-14-18)36-11-9-28(10-12-36)8-7-25(37)35(28)2/h3,6,14-17,19-20,23,27,33-34H,4-5,7-13H2,1-2H3/t17-,19?,20?,23?,27?/m1/s1. The molecule has 2 aromatic rings. The Morgan fingerprint density at radius 1 is 1.08 bits per heavy atom. The van der Waals surface area contributed by atoms with Gasteiger partial charge in [0.05, 0.1) is 28.3 Å². The number of piperidine rings is 1. The van der Waals surface area contributed by atoms with E-state index >= 15 is 0 Å². The Morgan fingerprint density at radius 3 is 2.50 bits per heavy atom. The second kappa shape index (κ2) is 10.5. The van der Waals surface area contributed by atoms with Crippen molar-refractivity contribution in [3.05, 3.63) is 51.9 Å². The highest BCUT2D eigenvalue weighted by molar-refractivity contribution is 6.35. The molecular formula is C28H36Cl2N6O2. The summed E-state index contributed by atoms with van der Waals surface area (Å²) in [5.74, 6) is 1.71. The molecule has 10 heteroatoms. The van der Waals surface area contributed by atoms with Crippen LogP contribution in [0.4, 0.5) is 5.82 Å². The minimum absolute atomic E-state index is 0.0487. The van der Waals surface area contributed by atoms with Gasteiger partial charge in [-0.15, -0.1) is 0 Å². The van der Waals surface area contributed by atoms with Crippen molar-refractivity contribution in [1.29, 1.82) is 0 Å². The predicted octanol–water partition coefficient (Wildman–Crippen LogP) is 4.84. The van der Waals surface area contributed by atoms with Gasteiger partial charge in [-0.3, -0.25) is 15.2 Å². The molecule has 4 aliphatic rings. The zero-order valence-corrected chi connectivity index (χ0v) is 23.5. The van der Waals surface area contributed by atoms with Crippen molar-refractivity contribution < 1.29 is 9.53 Å². The molecule has 1 saturated carbocycles. The topological polar surface area (TPSA) is 82.6 Å². The Kier molecular flexibility index (Phi) is 7.29. The number of pyridine rings is 2. The molecule has 2 aromatic heterocycles. The molecule has 3 aliphatic heterocycles. The molecule has 1 amide bonds. The van der Waals surface area contributed by atoms with Gasteiger partial charge in [0.25, 0.3) is 0 Å². The Balaban J connectivity index is 1.09. The lowest BCUT2D eigenvalue weighted by atomic mass is 9.78. The Bertz CT molecular complexity index is 1150. The fraction of sp³-hybridized carbons (Fsp3) is 0.607. The van der Waals surface area contributed by atoms with Crippen LogP contribution in [-0.4, -0.2) is 58.6 Å². The van der Waals surface area contributed by atoms with E-state index in [1.54, 1.807) is 12.4 Å². The average Bonchev–Trinajstić information content (AvgIpc) is 3.46. The van der Waals surface area contributed by atoms with E-state index in [0.29, 0.717) is 28.4 Å². The van der Waals surface area contributed by atoms with Crippen molar-refractivity contribution >= 4 is 34.9 Å². The molecule has 3 saturated heterocycles. The molecule has 0 aromatic carbocycles. The number of hydrogen-bond acceptors (Lipinski definition) is 7. The molecule has 38 heavy (non-hydrogen) atoms. The van der Waals surface area contributed by atoms with Crippen molar-refractivity contribution in [2.45, 2.75) is 81.7 Å². The average molecular weight is 560 g/mol. The van der Waals surface area contributed by atoms with Gasteiger partial charge in [-0.05, 0) is 63.0 Å². The van der Waals surface area contributed by atoms with Crippen LogP contribution in [-0.2, 0) is 9.53 Å². The smallest absolute Gasteiger partial charge is 0.222 e. The summed E-state index contributed by atoms with van der Waals surface area (Å²) < 4.78 is 6.48. The fourth-order valence-electron chi connectivity index (χ4n) is 7.08. The third-order valence-electron chi connectivity index (χ3n) is 9.44. The SMILES string of the molecule is C[C@@H](OC1CCC2NNC(c3ccc(N4CCC5(CCC(=O)N5C)CC4)nc3)C2C1)c1c(Cl)cncc1Cl. The minimum atomic E-state index is -0.202. The van der Waals surface area contributed by atoms with Gasteiger partial charge in [0, 0.05) is 62.3 Å². The van der Waals surface area contributed by atoms with Gasteiger partial charge >= 0.3 is 0 Å². The first kappa shape index (κ1) is 26.3. The number of nitrogens with one attached hydrogen (secondary N) is 2. The first-order chi connectivity index (χ1) is 18.3. The third kappa shape index (κ3) is 4.79. The van der Waals surface area contributed by atoms with Gasteiger partial charge in [-0.2, -0.15) is 0 Å². The number of carbonyl (C=O) groups is 1. The van der Waals surface area contributed by atoms with E-state index < -0.39 is 0 Å². The quantitative estimate of drug-likeness (QED) is 0.543. The van der Waals surface area contributed by atoms with Crippen LogP contribution in [0.25, 0.3) is 0 Å². The number of aromatic nitrogens is 2. The second-order valence-corrected chi connectivity index (χ2v) is 12.2. The number of nitrogens with zero attached hydrogens (tertiary/aromatic N) is 4. The molecule has 204 valence electrons. The van der Waals surface area contributed by atoms with Crippen molar-refractivity contribution in [2.24, 2.45) is 5.92 Å². The maximum Gasteiger partial charge on any atom is 0.222 e. The first-order valence-corrected chi connectivity index (χ1v) is 14.5. The molecule has 1 aliphatic carbocycles. The number of likely N-dealkylation sites (tertiary alicyclic amines) is 1. The summed E-state index contributed by atoms with van der Waals surface area (Å²) in [6.45, 7) is 3.87. The molecule has 4 unspecified atom stereocenters. The Morgan fingerprint density at radius 2 is 1.84 bits per heavy atom. The van der Waals surface area contributed by atoms with Crippen LogP contribution in [0.3, 0.4) is 0 Å². The normalized spacial score (nSPS) is 29.6. The van der Waals surface area contributed by atoms with Crippen LogP contribution in [0, 0.1) is 5.92 Å². The van der Waals surface area contributed by atoms with Crippen molar-refractivity contribution in [1.82, 2.24) is 25.7 Å². The summed E-state index contributed by atoms with van der Waals surface area (Å²) in [4.78, 5) is 25.4. The van der Waals surface area contributed by atoms with Crippen molar-refractivity contribution in [3.8, 4) is 0 Å². The van der Waals surface area contributed by atoms with Crippen LogP contribution >= 0.6 is 23.2 Å². The highest BCUT2D eigenvalue weighted by Gasteiger charge is 2.45. The highest BCUT2D eigenvalue weighted by Crippen LogP contribution is 2.42. The van der Waals surface area contributed by atoms with E-state index in [1.807, 2.05) is 25.1 Å². The summed E-state index contributed by atoms with van der Waals surface area (Å²) in [7, 11) is 1.97. The van der Waals surface area contributed by atoms with E-state index in [1.165, 1.54) is 5.56 Å². The van der Waals surface area contributed by atoms with E-state index in [-0.39, 0.29) is 29.7 Å². The highest BCUT2D eigenvalue weighted by atomic mass is 35.5. The van der Waals surface area contributed by atoms with Gasteiger partial charge in [0.1, 0.15) is 5.82 Å². The zero-order valence-electron chi connectivity index (χ0n) is 22.0. The van der Waals surface area contributed by atoms with Crippen LogP contribution in [0.5, 0.6) is 0 Å². The summed E-state index contributed by atoms with van der Waals surface area (Å²) in [6, 6.07) is 4.95. The lowest BCUT2D eigenvalue weighted by Gasteiger charge is -2.44. The Labute approximate surface area is 234 Å². The Hall–Kier alpha value is -1.97. The van der Waals surface area contributed by atoms with Gasteiger partial charge < -0.3 is 14.5 Å². The molecule has 8 nitrogen and oxygen atoms in total. The van der Waals surface area contributed by atoms with E-state index in [2.05, 4.69) is 32.9 Å². The van der Waals surface area contributed by atoms with Gasteiger partial charge in [-0.1, -0.05) is 29.3 Å². The van der Waals surface area contributed by atoms with Gasteiger partial charge in [0.2, 0.25) is 5.91 Å². The summed E-state index contributed by atoms with van der Waals surface area (Å²) in [5.41, 5.74) is 9.10. The van der Waals surface area contributed by atoms with Crippen LogP contribution in [0.2, 0.25) is 10.0 Å². The number of fused-ring (bicyclic) bond motifs is 1. The molecule has 0 bridgehead atoms. The number of anilines is 1. The van der Waals surface area contributed by atoms with Crippen LogP contribution < -0.4 is 15.8 Å². The summed E-state index contributed by atoms with van der Waals surface area (Å²) in [6.07, 6.45) is 11.8. The molecule has 6 rings (SSSR count). The van der Waals surface area contributed by atoms with Gasteiger partial charge in [0.15, 0.2) is 0 Å². The molecule has 4 fully saturated rings. The largest absolute Gasteiger partial charge is 0.370 e. The van der Waals surface area contributed by atoms with Gasteiger partial charge in [-0.25, -0.2) is 10.4 Å². The van der Waals surface area contributed by atoms with Crippen molar-refractivity contribution in [2.75, 3.05) is 25.0 Å². The number of rotatable bonds is 5. The monoisotopic (exact) mass is 558 g/mol. The predicted molar refractivity (Wildman–Crippen MR) is 148 cm³/mol. The first-order valence-electron chi connectivity index (χ1n) is 13.8. The zero-order chi connectivity index (χ0) is 26.4. The number of halogens is 2. The number of hydrazine groups is 1. The van der Waals surface area contributed by atoms with Crippen LogP contribution in [0.15, 0.2) is 30.7 Å². The maximum absolute atomic E-state index is 12.1. The number of amides is 1. The van der Waals surface area contributed by atoms with E-state index in [4.69, 9.17) is 32.9 Å². The third-order valence-corrected chi connectivity index (χ3v) is 10.0. The van der Waals surface area contributed by atoms with E-state index in [9.17, 15) is 4.79 Å². The summed E-state index contributed by atoms with van der Waals surface area (Å²) >= 11 is 12.7. The maximum atomic E-state index is 12.1. The number of carbonyl (C=O) groups excluding carboxylic acids is 1. The number of ether oxygens (including phenoxy) is 1. The van der Waals surface area contributed by atoms with E-state index in [0.717, 1.165) is 63.0 Å². The summed E-state index contributed by atoms with van der Waals surface area (Å²) in [5, 5.41) is 1.08. The number of hydrogen-bond donors (Lipinski definition) is 2. The lowest BCUT2D eigenvalue weighted by Crippen LogP contribution is -2.51. The molecule has 1 spiro atoms. The fourth-order valence-corrected chi connectivity index (χ4v) is 7.75. The molecule has 2 N–H and O–H groups in total. The molecule has 0 radical (unpaired) electrons. The second-order valence-electron chi connectivity index (χ2n) is 11.4. The lowest BCUT2D eigenvalue weighted by molar-refractivity contribution is -0.130. The molecular weight excluding hydrogens is 523 g/mol. The molecule has 5 atom stereocenters. The van der Waals surface area contributed by atoms with Crippen molar-refractivity contribution in [3.63, 3.8) is 0 Å². The minimum Gasteiger partial charge on any atom is -0.370 e.